The molecule has 0 fully saturated rings. The number of nitro benzene ring substituents is 1. The van der Waals surface area contributed by atoms with Gasteiger partial charge in [-0.3, -0.25) is 14.9 Å². The molecule has 0 aliphatic carbocycles. The summed E-state index contributed by atoms with van der Waals surface area (Å²) in [5, 5.41) is 13.5. The van der Waals surface area contributed by atoms with Crippen molar-refractivity contribution in [2.75, 3.05) is 20.3 Å². The molecule has 7 nitrogen and oxygen atoms in total. The number of hydrogen-bond acceptors (Lipinski definition) is 5. The van der Waals surface area contributed by atoms with Crippen molar-refractivity contribution in [1.29, 1.82) is 0 Å². The number of hydrogen-bond donors (Lipinski definition) is 1. The topological polar surface area (TPSA) is 90.7 Å². The summed E-state index contributed by atoms with van der Waals surface area (Å²) in [5.74, 6) is 0.268. The molecule has 0 saturated heterocycles. The molecule has 1 aromatic carbocycles. The third-order valence-electron chi connectivity index (χ3n) is 3.07. The van der Waals surface area contributed by atoms with Crippen LogP contribution in [0.15, 0.2) is 18.2 Å². The maximum absolute atomic E-state index is 11.7. The Bertz CT molecular complexity index is 505. The first-order valence-corrected chi connectivity index (χ1v) is 7.30. The summed E-state index contributed by atoms with van der Waals surface area (Å²) < 4.78 is 10.4. The van der Waals surface area contributed by atoms with Crippen LogP contribution in [0.4, 0.5) is 5.69 Å². The number of nitrogens with zero attached hydrogens (tertiary/aromatic N) is 1. The minimum Gasteiger partial charge on any atom is -0.493 e. The maximum Gasteiger partial charge on any atom is 0.273 e. The first kappa shape index (κ1) is 17.7. The van der Waals surface area contributed by atoms with E-state index in [1.54, 1.807) is 0 Å². The highest BCUT2D eigenvalue weighted by atomic mass is 16.6. The van der Waals surface area contributed by atoms with E-state index in [1.807, 2.05) is 0 Å². The molecule has 0 bridgehead atoms. The van der Waals surface area contributed by atoms with Gasteiger partial charge in [0.25, 0.3) is 11.6 Å². The first-order valence-electron chi connectivity index (χ1n) is 7.30. The number of nitrogens with one attached hydrogen (secondary N) is 1. The largest absolute Gasteiger partial charge is 0.493 e. The van der Waals surface area contributed by atoms with E-state index < -0.39 is 4.92 Å². The molecule has 0 spiro atoms. The smallest absolute Gasteiger partial charge is 0.273 e. The minimum atomic E-state index is -0.528. The molecule has 0 aliphatic rings. The summed E-state index contributed by atoms with van der Waals surface area (Å²) in [5.41, 5.74) is -0.115. The SMILES string of the molecule is CCCCCCNC(=O)COc1cc([N+](=O)[O-])ccc1OC. The normalized spacial score (nSPS) is 10.1. The van der Waals surface area contributed by atoms with Gasteiger partial charge in [0.2, 0.25) is 0 Å². The van der Waals surface area contributed by atoms with E-state index in [4.69, 9.17) is 9.47 Å². The summed E-state index contributed by atoms with van der Waals surface area (Å²) >= 11 is 0. The second-order valence-electron chi connectivity index (χ2n) is 4.79. The van der Waals surface area contributed by atoms with Gasteiger partial charge in [-0.25, -0.2) is 0 Å². The van der Waals surface area contributed by atoms with Crippen LogP contribution in [0.1, 0.15) is 32.6 Å². The third kappa shape index (κ3) is 5.99. The van der Waals surface area contributed by atoms with Crippen LogP contribution in [0, 0.1) is 10.1 Å². The third-order valence-corrected chi connectivity index (χ3v) is 3.07. The average molecular weight is 310 g/mol. The Kier molecular flexibility index (Phi) is 7.74. The van der Waals surface area contributed by atoms with Gasteiger partial charge in [-0.1, -0.05) is 26.2 Å². The number of ether oxygens (including phenoxy) is 2. The molecule has 1 aromatic rings. The molecule has 0 atom stereocenters. The highest BCUT2D eigenvalue weighted by Crippen LogP contribution is 2.30. The van der Waals surface area contributed by atoms with Gasteiger partial charge in [-0.05, 0) is 12.5 Å². The molecule has 1 amide bonds. The van der Waals surface area contributed by atoms with Gasteiger partial charge in [-0.15, -0.1) is 0 Å². The fourth-order valence-corrected chi connectivity index (χ4v) is 1.87. The number of benzene rings is 1. The standard InChI is InChI=1S/C15H22N2O5/c1-3-4-5-6-9-16-15(18)11-22-14-10-12(17(19)20)7-8-13(14)21-2/h7-8,10H,3-6,9,11H2,1-2H3,(H,16,18). The molecule has 0 radical (unpaired) electrons. The Morgan fingerprint density at radius 1 is 1.27 bits per heavy atom. The molecule has 1 N–H and O–H groups in total. The lowest BCUT2D eigenvalue weighted by atomic mass is 10.2. The zero-order valence-corrected chi connectivity index (χ0v) is 13.0. The second-order valence-corrected chi connectivity index (χ2v) is 4.79. The van der Waals surface area contributed by atoms with E-state index in [-0.39, 0.29) is 24.0 Å². The van der Waals surface area contributed by atoms with E-state index >= 15 is 0 Å². The van der Waals surface area contributed by atoms with Crippen molar-refractivity contribution in [3.05, 3.63) is 28.3 Å². The van der Waals surface area contributed by atoms with Crippen LogP contribution in [0.5, 0.6) is 11.5 Å². The van der Waals surface area contributed by atoms with Gasteiger partial charge >= 0.3 is 0 Å². The molecule has 122 valence electrons. The zero-order valence-electron chi connectivity index (χ0n) is 13.0. The zero-order chi connectivity index (χ0) is 16.4. The summed E-state index contributed by atoms with van der Waals surface area (Å²) in [6.45, 7) is 2.53. The highest BCUT2D eigenvalue weighted by molar-refractivity contribution is 5.77. The van der Waals surface area contributed by atoms with Crippen molar-refractivity contribution in [1.82, 2.24) is 5.32 Å². The number of non-ortho nitro benzene ring substituents is 1. The summed E-state index contributed by atoms with van der Waals surface area (Å²) in [6.07, 6.45) is 4.30. The van der Waals surface area contributed by atoms with Crippen LogP contribution in [-0.2, 0) is 4.79 Å². The van der Waals surface area contributed by atoms with Gasteiger partial charge in [0.15, 0.2) is 18.1 Å². The van der Waals surface area contributed by atoms with Crippen molar-refractivity contribution in [2.45, 2.75) is 32.6 Å². The lowest BCUT2D eigenvalue weighted by Crippen LogP contribution is -2.29. The molecule has 7 heteroatoms. The Morgan fingerprint density at radius 2 is 2.05 bits per heavy atom. The van der Waals surface area contributed by atoms with Crippen molar-refractivity contribution < 1.29 is 19.2 Å². The van der Waals surface area contributed by atoms with Gasteiger partial charge in [0.05, 0.1) is 18.1 Å². The summed E-state index contributed by atoms with van der Waals surface area (Å²) in [6, 6.07) is 4.00. The molecule has 0 unspecified atom stereocenters. The molecule has 0 saturated carbocycles. The van der Waals surface area contributed by atoms with Gasteiger partial charge in [0.1, 0.15) is 0 Å². The van der Waals surface area contributed by atoms with E-state index in [1.165, 1.54) is 25.3 Å². The number of carbonyl (C=O) groups excluding carboxylic acids is 1. The Morgan fingerprint density at radius 3 is 2.68 bits per heavy atom. The Hall–Kier alpha value is -2.31. The number of unbranched alkanes of at least 4 members (excludes halogenated alkanes) is 3. The first-order chi connectivity index (χ1) is 10.6. The quantitative estimate of drug-likeness (QED) is 0.407. The Balaban J connectivity index is 2.47. The number of amides is 1. The minimum absolute atomic E-state index is 0.115. The number of carbonyl (C=O) groups is 1. The molecular weight excluding hydrogens is 288 g/mol. The monoisotopic (exact) mass is 310 g/mol. The second kappa shape index (κ2) is 9.59. The molecule has 1 rings (SSSR count). The van der Waals surface area contributed by atoms with Gasteiger partial charge in [0, 0.05) is 12.6 Å². The van der Waals surface area contributed by atoms with Crippen LogP contribution in [-0.4, -0.2) is 31.1 Å². The molecule has 0 aromatic heterocycles. The van der Waals surface area contributed by atoms with Gasteiger partial charge in [-0.2, -0.15) is 0 Å². The lowest BCUT2D eigenvalue weighted by Gasteiger charge is -2.10. The molecule has 0 heterocycles. The number of rotatable bonds is 10. The fourth-order valence-electron chi connectivity index (χ4n) is 1.87. The van der Waals surface area contributed by atoms with Crippen molar-refractivity contribution in [2.24, 2.45) is 0 Å². The van der Waals surface area contributed by atoms with Crippen molar-refractivity contribution in [3.63, 3.8) is 0 Å². The lowest BCUT2D eigenvalue weighted by molar-refractivity contribution is -0.385. The average Bonchev–Trinajstić information content (AvgIpc) is 2.52. The highest BCUT2D eigenvalue weighted by Gasteiger charge is 2.13. The van der Waals surface area contributed by atoms with Crippen LogP contribution in [0.25, 0.3) is 0 Å². The van der Waals surface area contributed by atoms with E-state index in [9.17, 15) is 14.9 Å². The maximum atomic E-state index is 11.7. The number of nitro groups is 1. The van der Waals surface area contributed by atoms with Crippen molar-refractivity contribution in [3.8, 4) is 11.5 Å². The van der Waals surface area contributed by atoms with E-state index in [2.05, 4.69) is 12.2 Å². The van der Waals surface area contributed by atoms with E-state index in [0.29, 0.717) is 12.3 Å². The van der Waals surface area contributed by atoms with E-state index in [0.717, 1.165) is 25.7 Å². The van der Waals surface area contributed by atoms with Crippen LogP contribution >= 0.6 is 0 Å². The number of methoxy groups -OCH3 is 1. The molecule has 22 heavy (non-hydrogen) atoms. The fraction of sp³-hybridized carbons (Fsp3) is 0.533. The predicted octanol–water partition coefficient (Wildman–Crippen LogP) is 2.68. The van der Waals surface area contributed by atoms with Crippen LogP contribution in [0.3, 0.4) is 0 Å². The van der Waals surface area contributed by atoms with Crippen LogP contribution in [0.2, 0.25) is 0 Å². The predicted molar refractivity (Wildman–Crippen MR) is 82.3 cm³/mol. The van der Waals surface area contributed by atoms with Crippen LogP contribution < -0.4 is 14.8 Å². The molecule has 0 aliphatic heterocycles. The summed E-state index contributed by atoms with van der Waals surface area (Å²) in [4.78, 5) is 21.9. The Labute approximate surface area is 129 Å². The molecular formula is C15H22N2O5. The van der Waals surface area contributed by atoms with Gasteiger partial charge < -0.3 is 14.8 Å². The summed E-state index contributed by atoms with van der Waals surface area (Å²) in [7, 11) is 1.43. The van der Waals surface area contributed by atoms with Crippen molar-refractivity contribution >= 4 is 11.6 Å².